The first-order valence-corrected chi connectivity index (χ1v) is 10.0. The summed E-state index contributed by atoms with van der Waals surface area (Å²) >= 11 is 0. The fraction of sp³-hybridized carbons (Fsp3) is 0.364. The molecule has 2 amide bonds. The highest BCUT2D eigenvalue weighted by Crippen LogP contribution is 2.37. The van der Waals surface area contributed by atoms with Crippen molar-refractivity contribution < 1.29 is 14.3 Å². The van der Waals surface area contributed by atoms with Gasteiger partial charge in [-0.15, -0.1) is 0 Å². The van der Waals surface area contributed by atoms with Gasteiger partial charge >= 0.3 is 0 Å². The van der Waals surface area contributed by atoms with Gasteiger partial charge in [0.15, 0.2) is 0 Å². The van der Waals surface area contributed by atoms with E-state index in [4.69, 9.17) is 10.6 Å². The summed E-state index contributed by atoms with van der Waals surface area (Å²) in [5.74, 6) is 5.83. The highest BCUT2D eigenvalue weighted by molar-refractivity contribution is 5.96. The van der Waals surface area contributed by atoms with Crippen LogP contribution >= 0.6 is 0 Å². The molecule has 4 rings (SSSR count). The molecule has 2 aliphatic heterocycles. The monoisotopic (exact) mass is 394 g/mol. The van der Waals surface area contributed by atoms with Crippen LogP contribution in [0.3, 0.4) is 0 Å². The molecule has 7 heteroatoms. The average Bonchev–Trinajstić information content (AvgIpc) is 3.30. The molecule has 1 saturated heterocycles. The van der Waals surface area contributed by atoms with E-state index < -0.39 is 0 Å². The lowest BCUT2D eigenvalue weighted by atomic mass is 10.0. The van der Waals surface area contributed by atoms with E-state index in [0.29, 0.717) is 18.7 Å². The molecule has 2 aromatic rings. The van der Waals surface area contributed by atoms with Gasteiger partial charge in [-0.3, -0.25) is 15.0 Å². The summed E-state index contributed by atoms with van der Waals surface area (Å²) in [7, 11) is 0. The second-order valence-electron chi connectivity index (χ2n) is 7.53. The van der Waals surface area contributed by atoms with Crippen LogP contribution in [0.4, 0.5) is 5.69 Å². The number of ether oxygens (including phenoxy) is 1. The number of carbonyl (C=O) groups excluding carboxylic acids is 2. The van der Waals surface area contributed by atoms with Gasteiger partial charge in [-0.05, 0) is 36.6 Å². The summed E-state index contributed by atoms with van der Waals surface area (Å²) in [6.45, 7) is 2.60. The Hall–Kier alpha value is -3.06. The number of carbonyl (C=O) groups is 2. The van der Waals surface area contributed by atoms with Crippen LogP contribution in [0.2, 0.25) is 0 Å². The van der Waals surface area contributed by atoms with Gasteiger partial charge in [0.05, 0.1) is 18.2 Å². The Morgan fingerprint density at radius 3 is 2.59 bits per heavy atom. The topological polar surface area (TPSA) is 87.9 Å². The Kier molecular flexibility index (Phi) is 5.67. The van der Waals surface area contributed by atoms with E-state index >= 15 is 0 Å². The third-order valence-electron chi connectivity index (χ3n) is 5.56. The standard InChI is InChI=1S/C22H26N4O3/c23-24-21(27)13-18-15-29-20-9-8-17(22(28)25-10-4-5-11-25)12-19(20)26(18)14-16-6-2-1-3-7-16/h1-3,6-9,12,18H,4-5,10-11,13-15,23H2,(H,24,27). The van der Waals surface area contributed by atoms with Crippen molar-refractivity contribution in [3.8, 4) is 5.75 Å². The molecule has 1 fully saturated rings. The zero-order valence-electron chi connectivity index (χ0n) is 16.3. The Bertz CT molecular complexity index is 881. The molecule has 29 heavy (non-hydrogen) atoms. The van der Waals surface area contributed by atoms with E-state index in [9.17, 15) is 9.59 Å². The van der Waals surface area contributed by atoms with Gasteiger partial charge in [0.25, 0.3) is 5.91 Å². The van der Waals surface area contributed by atoms with Crippen LogP contribution in [-0.2, 0) is 11.3 Å². The molecule has 0 aliphatic carbocycles. The second-order valence-corrected chi connectivity index (χ2v) is 7.53. The number of hydrazine groups is 1. The summed E-state index contributed by atoms with van der Waals surface area (Å²) < 4.78 is 5.92. The maximum atomic E-state index is 12.9. The Balaban J connectivity index is 1.66. The van der Waals surface area contributed by atoms with Gasteiger partial charge < -0.3 is 14.5 Å². The predicted molar refractivity (Wildman–Crippen MR) is 110 cm³/mol. The minimum Gasteiger partial charge on any atom is -0.489 e. The fourth-order valence-electron chi connectivity index (χ4n) is 4.01. The number of nitrogens with one attached hydrogen (secondary N) is 1. The van der Waals surface area contributed by atoms with Crippen LogP contribution in [0.5, 0.6) is 5.75 Å². The Morgan fingerprint density at radius 2 is 1.86 bits per heavy atom. The molecule has 1 unspecified atom stereocenters. The second kappa shape index (κ2) is 8.53. The van der Waals surface area contributed by atoms with Crippen molar-refractivity contribution in [3.63, 3.8) is 0 Å². The van der Waals surface area contributed by atoms with Crippen molar-refractivity contribution >= 4 is 17.5 Å². The normalized spacial score (nSPS) is 18.2. The summed E-state index contributed by atoms with van der Waals surface area (Å²) in [6.07, 6.45) is 2.32. The molecule has 2 heterocycles. The number of nitrogens with zero attached hydrogens (tertiary/aromatic N) is 2. The molecule has 0 radical (unpaired) electrons. The first-order chi connectivity index (χ1) is 14.2. The quantitative estimate of drug-likeness (QED) is 0.461. The SMILES string of the molecule is NNC(=O)CC1COc2ccc(C(=O)N3CCCC3)cc2N1Cc1ccccc1. The summed E-state index contributed by atoms with van der Waals surface area (Å²) in [6, 6.07) is 15.5. The van der Waals surface area contributed by atoms with E-state index in [1.165, 1.54) is 0 Å². The van der Waals surface area contributed by atoms with Crippen molar-refractivity contribution in [1.29, 1.82) is 0 Å². The van der Waals surface area contributed by atoms with Crippen LogP contribution in [-0.4, -0.2) is 42.5 Å². The minimum atomic E-state index is -0.246. The van der Waals surface area contributed by atoms with E-state index in [0.717, 1.165) is 42.9 Å². The van der Waals surface area contributed by atoms with E-state index in [-0.39, 0.29) is 24.3 Å². The zero-order valence-corrected chi connectivity index (χ0v) is 16.3. The number of fused-ring (bicyclic) bond motifs is 1. The van der Waals surface area contributed by atoms with Crippen molar-refractivity contribution in [2.45, 2.75) is 31.8 Å². The van der Waals surface area contributed by atoms with E-state index in [2.05, 4.69) is 22.5 Å². The van der Waals surface area contributed by atoms with E-state index in [1.54, 1.807) is 0 Å². The van der Waals surface area contributed by atoms with Crippen molar-refractivity contribution in [3.05, 3.63) is 59.7 Å². The van der Waals surface area contributed by atoms with Crippen molar-refractivity contribution in [2.24, 2.45) is 5.84 Å². The number of nitrogens with two attached hydrogens (primary N) is 1. The highest BCUT2D eigenvalue weighted by atomic mass is 16.5. The molecular weight excluding hydrogens is 368 g/mol. The molecule has 3 N–H and O–H groups in total. The summed E-state index contributed by atoms with van der Waals surface area (Å²) in [4.78, 5) is 28.9. The number of hydrogen-bond donors (Lipinski definition) is 2. The maximum Gasteiger partial charge on any atom is 0.253 e. The minimum absolute atomic E-state index is 0.0479. The molecule has 152 valence electrons. The highest BCUT2D eigenvalue weighted by Gasteiger charge is 2.31. The van der Waals surface area contributed by atoms with Crippen LogP contribution in [0.15, 0.2) is 48.5 Å². The number of rotatable bonds is 5. The molecule has 0 aromatic heterocycles. The molecule has 0 spiro atoms. The van der Waals surface area contributed by atoms with Crippen LogP contribution in [0, 0.1) is 0 Å². The van der Waals surface area contributed by atoms with Gasteiger partial charge in [-0.1, -0.05) is 30.3 Å². The molecule has 1 atom stereocenters. The third-order valence-corrected chi connectivity index (χ3v) is 5.56. The maximum absolute atomic E-state index is 12.9. The summed E-state index contributed by atoms with van der Waals surface area (Å²) in [5.41, 5.74) is 4.81. The largest absolute Gasteiger partial charge is 0.489 e. The van der Waals surface area contributed by atoms with Crippen LogP contribution in [0.25, 0.3) is 0 Å². The van der Waals surface area contributed by atoms with Crippen molar-refractivity contribution in [2.75, 3.05) is 24.6 Å². The lowest BCUT2D eigenvalue weighted by Gasteiger charge is -2.38. The lowest BCUT2D eigenvalue weighted by molar-refractivity contribution is -0.121. The molecule has 2 aromatic carbocycles. The van der Waals surface area contributed by atoms with Gasteiger partial charge in [-0.2, -0.15) is 0 Å². The van der Waals surface area contributed by atoms with Gasteiger partial charge in [0, 0.05) is 25.2 Å². The third kappa shape index (κ3) is 4.19. The van der Waals surface area contributed by atoms with Gasteiger partial charge in [0.1, 0.15) is 12.4 Å². The molecule has 7 nitrogen and oxygen atoms in total. The number of benzene rings is 2. The first-order valence-electron chi connectivity index (χ1n) is 10.0. The lowest BCUT2D eigenvalue weighted by Crippen LogP contribution is -2.46. The molecule has 0 saturated carbocycles. The van der Waals surface area contributed by atoms with Gasteiger partial charge in [0.2, 0.25) is 5.91 Å². The molecule has 0 bridgehead atoms. The Morgan fingerprint density at radius 1 is 1.10 bits per heavy atom. The molecule has 2 aliphatic rings. The zero-order chi connectivity index (χ0) is 20.2. The number of anilines is 1. The number of amides is 2. The smallest absolute Gasteiger partial charge is 0.253 e. The fourth-order valence-corrected chi connectivity index (χ4v) is 4.01. The van der Waals surface area contributed by atoms with Gasteiger partial charge in [-0.25, -0.2) is 5.84 Å². The number of hydrogen-bond acceptors (Lipinski definition) is 5. The molecular formula is C22H26N4O3. The van der Waals surface area contributed by atoms with Crippen LogP contribution < -0.4 is 20.9 Å². The predicted octanol–water partition coefficient (Wildman–Crippen LogP) is 2.07. The van der Waals surface area contributed by atoms with E-state index in [1.807, 2.05) is 41.3 Å². The van der Waals surface area contributed by atoms with Crippen molar-refractivity contribution in [1.82, 2.24) is 10.3 Å². The average molecular weight is 394 g/mol. The van der Waals surface area contributed by atoms with Crippen LogP contribution in [0.1, 0.15) is 35.2 Å². The first kappa shape index (κ1) is 19.3. The number of likely N-dealkylation sites (tertiary alicyclic amines) is 1. The Labute approximate surface area is 170 Å². The summed E-state index contributed by atoms with van der Waals surface area (Å²) in [5, 5.41) is 0.